The van der Waals surface area contributed by atoms with Gasteiger partial charge in [0.1, 0.15) is 0 Å². The van der Waals surface area contributed by atoms with Gasteiger partial charge in [0.2, 0.25) is 5.95 Å². The third-order valence-corrected chi connectivity index (χ3v) is 4.48. The Balaban J connectivity index is 1.84. The predicted molar refractivity (Wildman–Crippen MR) is 72.5 cm³/mol. The van der Waals surface area contributed by atoms with Gasteiger partial charge in [-0.25, -0.2) is 4.98 Å². The Hall–Kier alpha value is -1.74. The highest BCUT2D eigenvalue weighted by atomic mass is 31.2. The smallest absolute Gasteiger partial charge is 0.354 e. The van der Waals surface area contributed by atoms with Crippen molar-refractivity contribution in [2.45, 2.75) is 31.3 Å². The Kier molecular flexibility index (Phi) is 3.33. The number of anilines is 1. The van der Waals surface area contributed by atoms with E-state index in [0.29, 0.717) is 18.6 Å². The van der Waals surface area contributed by atoms with E-state index in [9.17, 15) is 9.36 Å². The number of aromatic amines is 1. The molecule has 1 fully saturated rings. The SMILES string of the molecule is Nc1nc2c(ncn2C[C@H]2CC[C@@H](P(=O)(O)O)O2)c(=O)[nH]1. The first-order valence-corrected chi connectivity index (χ1v) is 7.94. The molecular weight excluding hydrogens is 301 g/mol. The normalized spacial score (nSPS) is 23.0. The van der Waals surface area contributed by atoms with Gasteiger partial charge in [0.25, 0.3) is 5.56 Å². The molecule has 5 N–H and O–H groups in total. The molecule has 114 valence electrons. The number of hydrogen-bond acceptors (Lipinski definition) is 6. The zero-order valence-corrected chi connectivity index (χ0v) is 11.7. The number of H-pyrrole nitrogens is 1. The van der Waals surface area contributed by atoms with Crippen LogP contribution >= 0.6 is 7.60 Å². The molecular formula is C10H14N5O5P. The van der Waals surface area contributed by atoms with E-state index in [1.165, 1.54) is 6.33 Å². The lowest BCUT2D eigenvalue weighted by Crippen LogP contribution is -2.18. The summed E-state index contributed by atoms with van der Waals surface area (Å²) < 4.78 is 18.1. The predicted octanol–water partition coefficient (Wildman–Crippen LogP) is -0.615. The monoisotopic (exact) mass is 315 g/mol. The quantitative estimate of drug-likeness (QED) is 0.546. The number of aromatic nitrogens is 4. The molecule has 0 saturated carbocycles. The topological polar surface area (TPSA) is 156 Å². The molecule has 0 aromatic carbocycles. The Morgan fingerprint density at radius 1 is 1.52 bits per heavy atom. The van der Waals surface area contributed by atoms with Crippen molar-refractivity contribution < 1.29 is 19.1 Å². The Morgan fingerprint density at radius 3 is 2.95 bits per heavy atom. The van der Waals surface area contributed by atoms with Crippen molar-refractivity contribution in [2.75, 3.05) is 5.73 Å². The number of rotatable bonds is 3. The van der Waals surface area contributed by atoms with Crippen LogP contribution in [0.15, 0.2) is 11.1 Å². The molecule has 0 aliphatic carbocycles. The number of ether oxygens (including phenoxy) is 1. The second-order valence-corrected chi connectivity index (χ2v) is 6.65. The first-order valence-electron chi connectivity index (χ1n) is 6.26. The fraction of sp³-hybridized carbons (Fsp3) is 0.500. The molecule has 0 radical (unpaired) electrons. The summed E-state index contributed by atoms with van der Waals surface area (Å²) >= 11 is 0. The van der Waals surface area contributed by atoms with Gasteiger partial charge in [-0.1, -0.05) is 0 Å². The van der Waals surface area contributed by atoms with E-state index >= 15 is 0 Å². The van der Waals surface area contributed by atoms with Crippen LogP contribution in [0.5, 0.6) is 0 Å². The average molecular weight is 315 g/mol. The largest absolute Gasteiger partial charge is 0.369 e. The van der Waals surface area contributed by atoms with Gasteiger partial charge in [0.05, 0.1) is 19.0 Å². The van der Waals surface area contributed by atoms with Crippen molar-refractivity contribution in [1.82, 2.24) is 19.5 Å². The fourth-order valence-corrected chi connectivity index (χ4v) is 3.21. The summed E-state index contributed by atoms with van der Waals surface area (Å²) in [5, 5.41) is 0. The lowest BCUT2D eigenvalue weighted by molar-refractivity contribution is 0.0621. The molecule has 11 heteroatoms. The maximum atomic E-state index is 11.6. The zero-order valence-electron chi connectivity index (χ0n) is 10.8. The van der Waals surface area contributed by atoms with E-state index in [0.717, 1.165) is 0 Å². The molecule has 10 nitrogen and oxygen atoms in total. The molecule has 0 amide bonds. The van der Waals surface area contributed by atoms with Gasteiger partial charge in [-0.05, 0) is 12.8 Å². The number of nitrogens with zero attached hydrogens (tertiary/aromatic N) is 3. The van der Waals surface area contributed by atoms with Crippen LogP contribution in [0.3, 0.4) is 0 Å². The van der Waals surface area contributed by atoms with Crippen LogP contribution in [-0.2, 0) is 15.8 Å². The van der Waals surface area contributed by atoms with Crippen LogP contribution in [0, 0.1) is 0 Å². The van der Waals surface area contributed by atoms with Crippen molar-refractivity contribution in [1.29, 1.82) is 0 Å². The van der Waals surface area contributed by atoms with Gasteiger partial charge in [0, 0.05) is 0 Å². The second-order valence-electron chi connectivity index (χ2n) is 4.90. The first-order chi connectivity index (χ1) is 9.84. The van der Waals surface area contributed by atoms with Crippen molar-refractivity contribution in [3.05, 3.63) is 16.7 Å². The lowest BCUT2D eigenvalue weighted by Gasteiger charge is -2.15. The van der Waals surface area contributed by atoms with Crippen LogP contribution in [0.25, 0.3) is 11.2 Å². The van der Waals surface area contributed by atoms with Gasteiger partial charge in [-0.2, -0.15) is 4.98 Å². The molecule has 2 aromatic heterocycles. The third-order valence-electron chi connectivity index (χ3n) is 3.35. The van der Waals surface area contributed by atoms with Crippen LogP contribution in [0.1, 0.15) is 12.8 Å². The molecule has 2 aromatic rings. The highest BCUT2D eigenvalue weighted by Crippen LogP contribution is 2.48. The maximum absolute atomic E-state index is 11.6. The van der Waals surface area contributed by atoms with E-state index in [1.807, 2.05) is 0 Å². The fourth-order valence-electron chi connectivity index (χ4n) is 2.39. The first kappa shape index (κ1) is 14.2. The highest BCUT2D eigenvalue weighted by Gasteiger charge is 2.37. The average Bonchev–Trinajstić information content (AvgIpc) is 2.97. The molecule has 3 rings (SSSR count). The van der Waals surface area contributed by atoms with Crippen LogP contribution in [0.4, 0.5) is 5.95 Å². The van der Waals surface area contributed by atoms with Gasteiger partial charge in [-0.15, -0.1) is 0 Å². The highest BCUT2D eigenvalue weighted by molar-refractivity contribution is 7.52. The summed E-state index contributed by atoms with van der Waals surface area (Å²) in [6.45, 7) is 0.295. The molecule has 0 unspecified atom stereocenters. The number of fused-ring (bicyclic) bond motifs is 1. The maximum Gasteiger partial charge on any atom is 0.354 e. The van der Waals surface area contributed by atoms with Gasteiger partial charge >= 0.3 is 7.60 Å². The van der Waals surface area contributed by atoms with Gasteiger partial charge in [-0.3, -0.25) is 14.3 Å². The van der Waals surface area contributed by atoms with E-state index in [2.05, 4.69) is 15.0 Å². The third kappa shape index (κ3) is 2.70. The van der Waals surface area contributed by atoms with Gasteiger partial charge < -0.3 is 24.8 Å². The Bertz CT molecular complexity index is 780. The molecule has 1 aliphatic heterocycles. The Morgan fingerprint density at radius 2 is 2.29 bits per heavy atom. The molecule has 21 heavy (non-hydrogen) atoms. The van der Waals surface area contributed by atoms with Crippen molar-refractivity contribution >= 4 is 24.7 Å². The lowest BCUT2D eigenvalue weighted by atomic mass is 10.2. The Labute approximate surface area is 118 Å². The van der Waals surface area contributed by atoms with Crippen molar-refractivity contribution in [2.24, 2.45) is 0 Å². The molecule has 2 atom stereocenters. The van der Waals surface area contributed by atoms with Crippen LogP contribution in [-0.4, -0.2) is 41.3 Å². The van der Waals surface area contributed by atoms with E-state index in [-0.39, 0.29) is 24.0 Å². The van der Waals surface area contributed by atoms with Crippen molar-refractivity contribution in [3.63, 3.8) is 0 Å². The zero-order chi connectivity index (χ0) is 15.2. The second kappa shape index (κ2) is 4.92. The molecule has 0 spiro atoms. The van der Waals surface area contributed by atoms with Crippen molar-refractivity contribution in [3.8, 4) is 0 Å². The van der Waals surface area contributed by atoms with E-state index < -0.39 is 19.0 Å². The summed E-state index contributed by atoms with van der Waals surface area (Å²) in [4.78, 5) is 40.2. The minimum absolute atomic E-state index is 0.0188. The summed E-state index contributed by atoms with van der Waals surface area (Å²) in [6, 6.07) is 0. The summed E-state index contributed by atoms with van der Waals surface area (Å²) in [7, 11) is -4.24. The molecule has 1 aliphatic rings. The number of nitrogens with one attached hydrogen (secondary N) is 1. The van der Waals surface area contributed by atoms with E-state index in [1.54, 1.807) is 4.57 Å². The summed E-state index contributed by atoms with van der Waals surface area (Å²) in [6.07, 6.45) is 1.86. The summed E-state index contributed by atoms with van der Waals surface area (Å²) in [5.41, 5.74) is 5.54. The van der Waals surface area contributed by atoms with Crippen LogP contribution < -0.4 is 11.3 Å². The molecule has 1 saturated heterocycles. The number of nitrogens with two attached hydrogens (primary N) is 1. The minimum Gasteiger partial charge on any atom is -0.369 e. The number of imidazole rings is 1. The standard InChI is InChI=1S/C10H14N5O5P/c11-10-13-8-7(9(16)14-10)12-4-15(8)3-5-1-2-6(20-5)21(17,18)19/h4-6H,1-3H2,(H2,17,18,19)(H3,11,13,14,16)/t5-,6-/m1/s1. The van der Waals surface area contributed by atoms with Gasteiger partial charge in [0.15, 0.2) is 17.0 Å². The van der Waals surface area contributed by atoms with E-state index in [4.69, 9.17) is 20.3 Å². The van der Waals surface area contributed by atoms with Crippen LogP contribution in [0.2, 0.25) is 0 Å². The molecule has 3 heterocycles. The minimum atomic E-state index is -4.24. The number of nitrogen functional groups attached to an aromatic ring is 1. The molecule has 0 bridgehead atoms. The summed E-state index contributed by atoms with van der Waals surface area (Å²) in [5.74, 6) is -1.09. The number of hydrogen-bond donors (Lipinski definition) is 4.